The standard InChI is InChI=1S/C21H27N3O6/c1-27-15-5-3-4-14(12-15)18-17(19(25)28-2)16(22-20(26)23-18)13-24-8-6-21(7-9-24)29-10-11-30-21/h3-5,12,18H,6-11,13H2,1-2H3,(H2,22,23,26). The van der Waals surface area contributed by atoms with Crippen molar-refractivity contribution in [3.8, 4) is 5.75 Å². The summed E-state index contributed by atoms with van der Waals surface area (Å²) in [5.74, 6) is -0.318. The van der Waals surface area contributed by atoms with Gasteiger partial charge in [-0.05, 0) is 17.7 Å². The van der Waals surface area contributed by atoms with Gasteiger partial charge in [0, 0.05) is 38.2 Å². The molecule has 9 nitrogen and oxygen atoms in total. The Morgan fingerprint density at radius 1 is 1.23 bits per heavy atom. The molecule has 2 N–H and O–H groups in total. The van der Waals surface area contributed by atoms with Crippen molar-refractivity contribution in [2.75, 3.05) is 47.1 Å². The summed E-state index contributed by atoms with van der Waals surface area (Å²) in [6.07, 6.45) is 1.50. The molecule has 9 heteroatoms. The molecule has 0 aromatic heterocycles. The van der Waals surface area contributed by atoms with Crippen LogP contribution >= 0.6 is 0 Å². The van der Waals surface area contributed by atoms with E-state index < -0.39 is 17.8 Å². The Morgan fingerprint density at radius 3 is 2.63 bits per heavy atom. The Labute approximate surface area is 175 Å². The molecule has 1 atom stereocenters. The molecule has 1 spiro atoms. The molecule has 4 rings (SSSR count). The summed E-state index contributed by atoms with van der Waals surface area (Å²) in [5.41, 5.74) is 1.68. The van der Waals surface area contributed by atoms with Crippen molar-refractivity contribution in [3.63, 3.8) is 0 Å². The Balaban J connectivity index is 1.59. The van der Waals surface area contributed by atoms with E-state index in [0.29, 0.717) is 36.8 Å². The maximum atomic E-state index is 12.7. The second kappa shape index (κ2) is 8.63. The number of methoxy groups -OCH3 is 2. The molecule has 3 aliphatic rings. The van der Waals surface area contributed by atoms with E-state index in [2.05, 4.69) is 15.5 Å². The molecule has 1 aromatic carbocycles. The third-order valence-electron chi connectivity index (χ3n) is 5.80. The minimum Gasteiger partial charge on any atom is -0.497 e. The lowest BCUT2D eigenvalue weighted by Crippen LogP contribution is -2.51. The molecule has 30 heavy (non-hydrogen) atoms. The lowest BCUT2D eigenvalue weighted by atomic mass is 9.94. The van der Waals surface area contributed by atoms with Gasteiger partial charge in [-0.1, -0.05) is 12.1 Å². The van der Waals surface area contributed by atoms with E-state index >= 15 is 0 Å². The van der Waals surface area contributed by atoms with Gasteiger partial charge < -0.3 is 29.6 Å². The van der Waals surface area contributed by atoms with Crippen molar-refractivity contribution in [1.29, 1.82) is 0 Å². The maximum Gasteiger partial charge on any atom is 0.338 e. The van der Waals surface area contributed by atoms with Gasteiger partial charge in [0.05, 0.1) is 39.0 Å². The van der Waals surface area contributed by atoms with E-state index in [0.717, 1.165) is 31.5 Å². The number of hydrogen-bond acceptors (Lipinski definition) is 7. The first-order valence-corrected chi connectivity index (χ1v) is 10.1. The highest BCUT2D eigenvalue weighted by Gasteiger charge is 2.41. The first-order valence-electron chi connectivity index (χ1n) is 10.1. The van der Waals surface area contributed by atoms with E-state index in [1.54, 1.807) is 13.2 Å². The van der Waals surface area contributed by atoms with Gasteiger partial charge in [-0.2, -0.15) is 0 Å². The summed E-state index contributed by atoms with van der Waals surface area (Å²) < 4.78 is 21.9. The van der Waals surface area contributed by atoms with E-state index in [9.17, 15) is 9.59 Å². The summed E-state index contributed by atoms with van der Waals surface area (Å²) >= 11 is 0. The quantitative estimate of drug-likeness (QED) is 0.697. The number of esters is 1. The van der Waals surface area contributed by atoms with Crippen molar-refractivity contribution >= 4 is 12.0 Å². The molecule has 1 unspecified atom stereocenters. The summed E-state index contributed by atoms with van der Waals surface area (Å²) in [6.45, 7) is 3.16. The maximum absolute atomic E-state index is 12.7. The van der Waals surface area contributed by atoms with Gasteiger partial charge in [0.2, 0.25) is 0 Å². The first-order chi connectivity index (χ1) is 14.5. The summed E-state index contributed by atoms with van der Waals surface area (Å²) in [5, 5.41) is 5.65. The zero-order valence-electron chi connectivity index (χ0n) is 17.2. The molecule has 2 fully saturated rings. The van der Waals surface area contributed by atoms with Gasteiger partial charge >= 0.3 is 12.0 Å². The van der Waals surface area contributed by atoms with Crippen LogP contribution in [0.5, 0.6) is 5.75 Å². The SMILES string of the molecule is COC(=O)C1=C(CN2CCC3(CC2)OCCO3)NC(=O)NC1c1cccc(OC)c1. The lowest BCUT2D eigenvalue weighted by molar-refractivity contribution is -0.184. The number of carbonyl (C=O) groups excluding carboxylic acids is 2. The summed E-state index contributed by atoms with van der Waals surface area (Å²) in [4.78, 5) is 27.3. The molecule has 2 amide bonds. The van der Waals surface area contributed by atoms with Crippen LogP contribution in [0.2, 0.25) is 0 Å². The van der Waals surface area contributed by atoms with Crippen molar-refractivity contribution in [3.05, 3.63) is 41.1 Å². The average molecular weight is 417 g/mol. The number of carbonyl (C=O) groups is 2. The fourth-order valence-electron chi connectivity index (χ4n) is 4.23. The third-order valence-corrected chi connectivity index (χ3v) is 5.80. The Bertz CT molecular complexity index is 839. The Morgan fingerprint density at radius 2 is 1.97 bits per heavy atom. The van der Waals surface area contributed by atoms with E-state index in [1.807, 2.05) is 18.2 Å². The fourth-order valence-corrected chi connectivity index (χ4v) is 4.23. The number of piperidine rings is 1. The van der Waals surface area contributed by atoms with Crippen molar-refractivity contribution < 1.29 is 28.5 Å². The molecular weight excluding hydrogens is 390 g/mol. The summed E-state index contributed by atoms with van der Waals surface area (Å²) in [6, 6.07) is 6.29. The van der Waals surface area contributed by atoms with Crippen LogP contribution in [-0.2, 0) is 19.0 Å². The first kappa shape index (κ1) is 20.6. The Hall–Kier alpha value is -2.62. The van der Waals surface area contributed by atoms with Crippen molar-refractivity contribution in [1.82, 2.24) is 15.5 Å². The number of benzene rings is 1. The molecule has 0 saturated carbocycles. The number of rotatable bonds is 5. The average Bonchev–Trinajstić information content (AvgIpc) is 3.22. The monoisotopic (exact) mass is 417 g/mol. The third kappa shape index (κ3) is 4.14. The van der Waals surface area contributed by atoms with E-state index in [4.69, 9.17) is 18.9 Å². The van der Waals surface area contributed by atoms with Crippen molar-refractivity contribution in [2.24, 2.45) is 0 Å². The second-order valence-corrected chi connectivity index (χ2v) is 7.58. The van der Waals surface area contributed by atoms with E-state index in [-0.39, 0.29) is 6.03 Å². The van der Waals surface area contributed by atoms with Crippen LogP contribution in [-0.4, -0.2) is 69.8 Å². The minimum atomic E-state index is -0.631. The molecule has 2 saturated heterocycles. The molecule has 3 heterocycles. The number of nitrogens with one attached hydrogen (secondary N) is 2. The molecule has 3 aliphatic heterocycles. The number of amides is 2. The molecule has 0 radical (unpaired) electrons. The van der Waals surface area contributed by atoms with Crippen molar-refractivity contribution in [2.45, 2.75) is 24.7 Å². The second-order valence-electron chi connectivity index (χ2n) is 7.58. The van der Waals surface area contributed by atoms with Gasteiger partial charge in [-0.25, -0.2) is 9.59 Å². The number of ether oxygens (including phenoxy) is 4. The van der Waals surface area contributed by atoms with Crippen LogP contribution in [0.15, 0.2) is 35.5 Å². The van der Waals surface area contributed by atoms with Crippen LogP contribution < -0.4 is 15.4 Å². The number of nitrogens with zero attached hydrogens (tertiary/aromatic N) is 1. The normalized spacial score (nSPS) is 23.8. The zero-order valence-corrected chi connectivity index (χ0v) is 17.2. The highest BCUT2D eigenvalue weighted by molar-refractivity contribution is 5.95. The number of likely N-dealkylation sites (tertiary alicyclic amines) is 1. The van der Waals surface area contributed by atoms with Crippen LogP contribution in [0.4, 0.5) is 4.79 Å². The molecule has 1 aromatic rings. The Kier molecular flexibility index (Phi) is 5.94. The zero-order chi connectivity index (χ0) is 21.1. The van der Waals surface area contributed by atoms with Crippen LogP contribution in [0.25, 0.3) is 0 Å². The van der Waals surface area contributed by atoms with Crippen LogP contribution in [0.3, 0.4) is 0 Å². The topological polar surface area (TPSA) is 98.4 Å². The summed E-state index contributed by atoms with van der Waals surface area (Å²) in [7, 11) is 2.91. The van der Waals surface area contributed by atoms with Gasteiger partial charge in [0.25, 0.3) is 0 Å². The fraction of sp³-hybridized carbons (Fsp3) is 0.524. The highest BCUT2D eigenvalue weighted by atomic mass is 16.7. The predicted molar refractivity (Wildman–Crippen MR) is 107 cm³/mol. The van der Waals surface area contributed by atoms with Gasteiger partial charge in [-0.15, -0.1) is 0 Å². The molecule has 162 valence electrons. The van der Waals surface area contributed by atoms with Gasteiger partial charge in [0.1, 0.15) is 5.75 Å². The number of hydrogen-bond donors (Lipinski definition) is 2. The number of urea groups is 1. The predicted octanol–water partition coefficient (Wildman–Crippen LogP) is 1.32. The smallest absolute Gasteiger partial charge is 0.338 e. The van der Waals surface area contributed by atoms with Crippen LogP contribution in [0, 0.1) is 0 Å². The van der Waals surface area contributed by atoms with Gasteiger partial charge in [0.15, 0.2) is 5.79 Å². The molecular formula is C21H27N3O6. The highest BCUT2D eigenvalue weighted by Crippen LogP contribution is 2.33. The van der Waals surface area contributed by atoms with E-state index in [1.165, 1.54) is 7.11 Å². The van der Waals surface area contributed by atoms with Gasteiger partial charge in [-0.3, -0.25) is 4.90 Å². The largest absolute Gasteiger partial charge is 0.497 e. The van der Waals surface area contributed by atoms with Crippen LogP contribution in [0.1, 0.15) is 24.4 Å². The lowest BCUT2D eigenvalue weighted by Gasteiger charge is -2.39. The molecule has 0 aliphatic carbocycles. The minimum absolute atomic E-state index is 0.360. The molecule has 0 bridgehead atoms.